The van der Waals surface area contributed by atoms with Crippen LogP contribution in [-0.2, 0) is 5.75 Å². The summed E-state index contributed by atoms with van der Waals surface area (Å²) in [6.07, 6.45) is 0. The van der Waals surface area contributed by atoms with E-state index < -0.39 is 0 Å². The zero-order valence-electron chi connectivity index (χ0n) is 7.92. The van der Waals surface area contributed by atoms with E-state index in [2.05, 4.69) is 32.0 Å². The van der Waals surface area contributed by atoms with E-state index in [0.717, 1.165) is 5.75 Å². The molecule has 0 fully saturated rings. The molecule has 0 aliphatic rings. The molecule has 0 aliphatic heterocycles. The van der Waals surface area contributed by atoms with Gasteiger partial charge in [0.2, 0.25) is 0 Å². The van der Waals surface area contributed by atoms with Crippen LogP contribution in [0.25, 0.3) is 0 Å². The normalized spacial score (nSPS) is 10.0. The molecule has 0 saturated heterocycles. The highest BCUT2D eigenvalue weighted by atomic mass is 32.2. The third-order valence-electron chi connectivity index (χ3n) is 1.88. The van der Waals surface area contributed by atoms with Gasteiger partial charge >= 0.3 is 0 Å². The van der Waals surface area contributed by atoms with Crippen LogP contribution in [0.3, 0.4) is 0 Å². The van der Waals surface area contributed by atoms with Crippen LogP contribution in [0.5, 0.6) is 0 Å². The van der Waals surface area contributed by atoms with Crippen molar-refractivity contribution in [3.05, 3.63) is 34.9 Å². The quantitative estimate of drug-likeness (QED) is 0.561. The first-order valence-corrected chi connectivity index (χ1v) is 5.11. The van der Waals surface area contributed by atoms with Gasteiger partial charge in [0.1, 0.15) is 0 Å². The molecule has 0 atom stereocenters. The lowest BCUT2D eigenvalue weighted by Crippen LogP contribution is -2.04. The summed E-state index contributed by atoms with van der Waals surface area (Å²) >= 11 is 1.37. The molecule has 3 heteroatoms. The Morgan fingerprint density at radius 1 is 1.46 bits per heavy atom. The lowest BCUT2D eigenvalue weighted by atomic mass is 10.1. The van der Waals surface area contributed by atoms with Crippen LogP contribution < -0.4 is 5.73 Å². The van der Waals surface area contributed by atoms with Crippen molar-refractivity contribution in [2.45, 2.75) is 19.6 Å². The summed E-state index contributed by atoms with van der Waals surface area (Å²) in [6.45, 7) is 4.16. The molecule has 0 heterocycles. The van der Waals surface area contributed by atoms with Crippen LogP contribution in [0.1, 0.15) is 16.7 Å². The second-order valence-corrected chi connectivity index (χ2v) is 4.10. The number of benzene rings is 1. The van der Waals surface area contributed by atoms with Gasteiger partial charge in [0.25, 0.3) is 0 Å². The minimum absolute atomic E-state index is 0.181. The molecule has 0 unspecified atom stereocenters. The van der Waals surface area contributed by atoms with Crippen LogP contribution >= 0.6 is 11.8 Å². The first kappa shape index (κ1) is 10.1. The van der Waals surface area contributed by atoms with E-state index in [1.165, 1.54) is 28.5 Å². The van der Waals surface area contributed by atoms with E-state index in [4.69, 9.17) is 11.1 Å². The molecule has 1 rings (SSSR count). The monoisotopic (exact) mass is 194 g/mol. The highest BCUT2D eigenvalue weighted by molar-refractivity contribution is 8.13. The molecule has 3 N–H and O–H groups in total. The van der Waals surface area contributed by atoms with Gasteiger partial charge in [-0.15, -0.1) is 0 Å². The van der Waals surface area contributed by atoms with Crippen LogP contribution in [0.15, 0.2) is 18.2 Å². The molecule has 0 spiro atoms. The molecule has 0 aliphatic carbocycles. The third-order valence-corrected chi connectivity index (χ3v) is 2.65. The van der Waals surface area contributed by atoms with E-state index in [9.17, 15) is 0 Å². The van der Waals surface area contributed by atoms with Crippen molar-refractivity contribution in [3.63, 3.8) is 0 Å². The molecule has 70 valence electrons. The number of hydrogen-bond donors (Lipinski definition) is 2. The van der Waals surface area contributed by atoms with Crippen molar-refractivity contribution in [2.75, 3.05) is 0 Å². The Morgan fingerprint density at radius 2 is 2.15 bits per heavy atom. The average molecular weight is 194 g/mol. The van der Waals surface area contributed by atoms with Gasteiger partial charge in [0, 0.05) is 5.75 Å². The maximum atomic E-state index is 7.10. The topological polar surface area (TPSA) is 49.9 Å². The van der Waals surface area contributed by atoms with E-state index in [1.807, 2.05) is 0 Å². The molecular formula is C10H14N2S. The van der Waals surface area contributed by atoms with Gasteiger partial charge in [-0.25, -0.2) is 0 Å². The zero-order chi connectivity index (χ0) is 9.84. The smallest absolute Gasteiger partial charge is 0.151 e. The molecular weight excluding hydrogens is 180 g/mol. The Labute approximate surface area is 83.0 Å². The Morgan fingerprint density at radius 3 is 2.69 bits per heavy atom. The van der Waals surface area contributed by atoms with Gasteiger partial charge in [-0.2, -0.15) is 0 Å². The SMILES string of the molecule is Cc1ccc(CSC(=N)N)c(C)c1. The lowest BCUT2D eigenvalue weighted by Gasteiger charge is -2.05. The van der Waals surface area contributed by atoms with Crippen LogP contribution in [0, 0.1) is 19.3 Å². The first-order chi connectivity index (χ1) is 6.09. The standard InChI is InChI=1S/C10H14N2S/c1-7-3-4-9(8(2)5-7)6-13-10(11)12/h3-5H,6H2,1-2H3,(H3,11,12). The number of nitrogens with two attached hydrogens (primary N) is 1. The Hall–Kier alpha value is -0.960. The molecule has 2 nitrogen and oxygen atoms in total. The molecule has 1 aromatic rings. The van der Waals surface area contributed by atoms with Gasteiger partial charge < -0.3 is 5.73 Å². The molecule has 0 radical (unpaired) electrons. The maximum absolute atomic E-state index is 7.10. The third kappa shape index (κ3) is 3.11. The minimum Gasteiger partial charge on any atom is -0.379 e. The van der Waals surface area contributed by atoms with E-state index >= 15 is 0 Å². The molecule has 1 aromatic carbocycles. The van der Waals surface area contributed by atoms with Crippen molar-refractivity contribution in [1.82, 2.24) is 0 Å². The fourth-order valence-electron chi connectivity index (χ4n) is 1.16. The van der Waals surface area contributed by atoms with Crippen molar-refractivity contribution in [2.24, 2.45) is 5.73 Å². The largest absolute Gasteiger partial charge is 0.379 e. The number of hydrogen-bond acceptors (Lipinski definition) is 2. The van der Waals surface area contributed by atoms with Crippen molar-refractivity contribution in [3.8, 4) is 0 Å². The predicted octanol–water partition coefficient (Wildman–Crippen LogP) is 2.43. The first-order valence-electron chi connectivity index (χ1n) is 4.12. The summed E-state index contributed by atoms with van der Waals surface area (Å²) in [4.78, 5) is 0. The van der Waals surface area contributed by atoms with Crippen LogP contribution in [-0.4, -0.2) is 5.17 Å². The summed E-state index contributed by atoms with van der Waals surface area (Å²) in [5, 5.41) is 7.28. The van der Waals surface area contributed by atoms with E-state index in [1.54, 1.807) is 0 Å². The predicted molar refractivity (Wildman–Crippen MR) is 59.1 cm³/mol. The summed E-state index contributed by atoms with van der Waals surface area (Å²) in [7, 11) is 0. The molecule has 0 aromatic heterocycles. The number of nitrogens with one attached hydrogen (secondary N) is 1. The molecule has 13 heavy (non-hydrogen) atoms. The Balaban J connectivity index is 2.72. The van der Waals surface area contributed by atoms with Crippen LogP contribution in [0.4, 0.5) is 0 Å². The van der Waals surface area contributed by atoms with Gasteiger partial charge in [0.15, 0.2) is 5.17 Å². The highest BCUT2D eigenvalue weighted by Crippen LogP contribution is 2.16. The van der Waals surface area contributed by atoms with Gasteiger partial charge in [-0.3, -0.25) is 5.41 Å². The van der Waals surface area contributed by atoms with E-state index in [-0.39, 0.29) is 5.17 Å². The second kappa shape index (κ2) is 4.33. The van der Waals surface area contributed by atoms with Gasteiger partial charge in [-0.05, 0) is 25.0 Å². The van der Waals surface area contributed by atoms with Gasteiger partial charge in [-0.1, -0.05) is 35.5 Å². The van der Waals surface area contributed by atoms with Gasteiger partial charge in [0.05, 0.1) is 0 Å². The van der Waals surface area contributed by atoms with Crippen molar-refractivity contribution >= 4 is 16.9 Å². The van der Waals surface area contributed by atoms with Crippen molar-refractivity contribution < 1.29 is 0 Å². The second-order valence-electron chi connectivity index (χ2n) is 3.08. The summed E-state index contributed by atoms with van der Waals surface area (Å²) in [5.41, 5.74) is 9.07. The number of thioether (sulfide) groups is 1. The highest BCUT2D eigenvalue weighted by Gasteiger charge is 1.99. The minimum atomic E-state index is 0.181. The molecule has 0 bridgehead atoms. The maximum Gasteiger partial charge on any atom is 0.151 e. The molecule has 0 amide bonds. The Bertz CT molecular complexity index is 321. The molecule has 0 saturated carbocycles. The van der Waals surface area contributed by atoms with E-state index in [0.29, 0.717) is 0 Å². The zero-order valence-corrected chi connectivity index (χ0v) is 8.74. The fourth-order valence-corrected chi connectivity index (χ4v) is 1.80. The fraction of sp³-hybridized carbons (Fsp3) is 0.300. The number of rotatable bonds is 2. The Kier molecular flexibility index (Phi) is 3.37. The number of amidine groups is 1. The summed E-state index contributed by atoms with van der Waals surface area (Å²) in [6, 6.07) is 6.33. The van der Waals surface area contributed by atoms with Crippen LogP contribution in [0.2, 0.25) is 0 Å². The van der Waals surface area contributed by atoms with Crippen molar-refractivity contribution in [1.29, 1.82) is 5.41 Å². The summed E-state index contributed by atoms with van der Waals surface area (Å²) in [5.74, 6) is 0.793. The summed E-state index contributed by atoms with van der Waals surface area (Å²) < 4.78 is 0. The lowest BCUT2D eigenvalue weighted by molar-refractivity contribution is 1.28. The average Bonchev–Trinajstić information content (AvgIpc) is 2.02. The number of aryl methyl sites for hydroxylation is 2.